The maximum Gasteiger partial charge on any atom is 0.401 e. The molecule has 0 bridgehead atoms. The van der Waals surface area contributed by atoms with Gasteiger partial charge in [-0.1, -0.05) is 0 Å². The van der Waals surface area contributed by atoms with Gasteiger partial charge in [-0.3, -0.25) is 4.90 Å². The second-order valence-electron chi connectivity index (χ2n) is 3.82. The topological polar surface area (TPSA) is 3.24 Å². The SMILES string of the molecule is CC(C)N(Cc1ccc(Br)s1)CC(F)(F)F. The van der Waals surface area contributed by atoms with Crippen LogP contribution in [0.1, 0.15) is 18.7 Å². The zero-order chi connectivity index (χ0) is 12.3. The number of halogens is 4. The molecule has 0 amide bonds. The quantitative estimate of drug-likeness (QED) is 0.801. The summed E-state index contributed by atoms with van der Waals surface area (Å²) in [6.07, 6.45) is -4.14. The van der Waals surface area contributed by atoms with Crippen molar-refractivity contribution in [3.8, 4) is 0 Å². The molecule has 16 heavy (non-hydrogen) atoms. The van der Waals surface area contributed by atoms with Gasteiger partial charge in [-0.05, 0) is 41.9 Å². The van der Waals surface area contributed by atoms with Gasteiger partial charge in [0.05, 0.1) is 10.3 Å². The molecule has 1 nitrogen and oxygen atoms in total. The second kappa shape index (κ2) is 5.51. The maximum absolute atomic E-state index is 12.3. The van der Waals surface area contributed by atoms with E-state index in [-0.39, 0.29) is 6.04 Å². The minimum atomic E-state index is -4.14. The van der Waals surface area contributed by atoms with Crippen LogP contribution in [0.25, 0.3) is 0 Å². The van der Waals surface area contributed by atoms with Crippen molar-refractivity contribution in [3.05, 3.63) is 20.8 Å². The lowest BCUT2D eigenvalue weighted by atomic mass is 10.3. The predicted molar refractivity (Wildman–Crippen MR) is 63.6 cm³/mol. The molecule has 0 unspecified atom stereocenters. The average Bonchev–Trinajstić information content (AvgIpc) is 2.47. The van der Waals surface area contributed by atoms with E-state index in [1.807, 2.05) is 12.1 Å². The van der Waals surface area contributed by atoms with Crippen LogP contribution in [0.3, 0.4) is 0 Å². The third-order valence-corrected chi connectivity index (χ3v) is 3.71. The molecule has 0 fully saturated rings. The molecule has 0 spiro atoms. The molecule has 0 aliphatic rings. The van der Waals surface area contributed by atoms with E-state index in [0.717, 1.165) is 8.66 Å². The van der Waals surface area contributed by atoms with Gasteiger partial charge in [0.25, 0.3) is 0 Å². The third kappa shape index (κ3) is 4.84. The molecule has 0 radical (unpaired) electrons. The van der Waals surface area contributed by atoms with Gasteiger partial charge in [0, 0.05) is 17.5 Å². The van der Waals surface area contributed by atoms with Gasteiger partial charge in [-0.2, -0.15) is 13.2 Å². The number of thiophene rings is 1. The highest BCUT2D eigenvalue weighted by Gasteiger charge is 2.31. The Balaban J connectivity index is 2.65. The van der Waals surface area contributed by atoms with Gasteiger partial charge in [0.2, 0.25) is 0 Å². The summed E-state index contributed by atoms with van der Waals surface area (Å²) in [7, 11) is 0. The summed E-state index contributed by atoms with van der Waals surface area (Å²) in [5, 5.41) is 0. The van der Waals surface area contributed by atoms with Crippen molar-refractivity contribution >= 4 is 27.3 Å². The number of nitrogens with zero attached hydrogens (tertiary/aromatic N) is 1. The van der Waals surface area contributed by atoms with Crippen LogP contribution in [-0.2, 0) is 6.54 Å². The Morgan fingerprint density at radius 1 is 1.38 bits per heavy atom. The zero-order valence-corrected chi connectivity index (χ0v) is 11.4. The molecule has 1 heterocycles. The molecule has 1 rings (SSSR count). The fourth-order valence-electron chi connectivity index (χ4n) is 1.29. The van der Waals surface area contributed by atoms with Crippen LogP contribution in [0.2, 0.25) is 0 Å². The van der Waals surface area contributed by atoms with Crippen molar-refractivity contribution in [1.29, 1.82) is 0 Å². The lowest BCUT2D eigenvalue weighted by Gasteiger charge is -2.26. The van der Waals surface area contributed by atoms with E-state index >= 15 is 0 Å². The summed E-state index contributed by atoms with van der Waals surface area (Å²) >= 11 is 4.77. The maximum atomic E-state index is 12.3. The summed E-state index contributed by atoms with van der Waals surface area (Å²) in [5.74, 6) is 0. The summed E-state index contributed by atoms with van der Waals surface area (Å²) in [4.78, 5) is 2.35. The van der Waals surface area contributed by atoms with Crippen LogP contribution in [0.4, 0.5) is 13.2 Å². The van der Waals surface area contributed by atoms with E-state index in [2.05, 4.69) is 15.9 Å². The Bertz CT molecular complexity index is 335. The highest BCUT2D eigenvalue weighted by Crippen LogP contribution is 2.25. The first kappa shape index (κ1) is 14.0. The van der Waals surface area contributed by atoms with Crippen molar-refractivity contribution in [3.63, 3.8) is 0 Å². The Hall–Kier alpha value is -0.0700. The summed E-state index contributed by atoms with van der Waals surface area (Å²) in [6, 6.07) is 3.58. The van der Waals surface area contributed by atoms with Crippen LogP contribution in [0.5, 0.6) is 0 Å². The molecule has 0 saturated carbocycles. The minimum absolute atomic E-state index is 0.123. The van der Waals surface area contributed by atoms with Gasteiger partial charge in [-0.25, -0.2) is 0 Å². The van der Waals surface area contributed by atoms with Crippen molar-refractivity contribution < 1.29 is 13.2 Å². The smallest absolute Gasteiger partial charge is 0.287 e. The molecule has 0 aliphatic carbocycles. The van der Waals surface area contributed by atoms with Crippen LogP contribution in [0.15, 0.2) is 15.9 Å². The molecule has 0 saturated heterocycles. The standard InChI is InChI=1S/C10H13BrF3NS/c1-7(2)15(6-10(12,13)14)5-8-3-4-9(11)16-8/h3-4,7H,5-6H2,1-2H3. The number of alkyl halides is 3. The van der Waals surface area contributed by atoms with E-state index < -0.39 is 12.7 Å². The highest BCUT2D eigenvalue weighted by molar-refractivity contribution is 9.11. The van der Waals surface area contributed by atoms with Crippen molar-refractivity contribution in [2.75, 3.05) is 6.54 Å². The van der Waals surface area contributed by atoms with Gasteiger partial charge in [0.1, 0.15) is 0 Å². The first-order valence-corrected chi connectivity index (χ1v) is 6.44. The van der Waals surface area contributed by atoms with Crippen molar-refractivity contribution in [1.82, 2.24) is 4.90 Å². The molecule has 92 valence electrons. The fraction of sp³-hybridized carbons (Fsp3) is 0.600. The second-order valence-corrected chi connectivity index (χ2v) is 6.37. The van der Waals surface area contributed by atoms with E-state index in [1.165, 1.54) is 16.2 Å². The lowest BCUT2D eigenvalue weighted by Crippen LogP contribution is -2.38. The molecular formula is C10H13BrF3NS. The van der Waals surface area contributed by atoms with Gasteiger partial charge >= 0.3 is 6.18 Å². The molecule has 0 N–H and O–H groups in total. The molecule has 0 aliphatic heterocycles. The Morgan fingerprint density at radius 2 is 2.00 bits per heavy atom. The predicted octanol–water partition coefficient (Wildman–Crippen LogP) is 4.28. The van der Waals surface area contributed by atoms with Crippen LogP contribution < -0.4 is 0 Å². The molecule has 0 atom stereocenters. The van der Waals surface area contributed by atoms with Gasteiger partial charge in [0.15, 0.2) is 0 Å². The zero-order valence-electron chi connectivity index (χ0n) is 9.01. The summed E-state index contributed by atoms with van der Waals surface area (Å²) in [5.41, 5.74) is 0. The third-order valence-electron chi connectivity index (χ3n) is 2.10. The largest absolute Gasteiger partial charge is 0.401 e. The molecule has 1 aromatic rings. The molecule has 6 heteroatoms. The average molecular weight is 316 g/mol. The fourth-order valence-corrected chi connectivity index (χ4v) is 2.80. The van der Waals surface area contributed by atoms with Crippen LogP contribution >= 0.6 is 27.3 Å². The van der Waals surface area contributed by atoms with Gasteiger partial charge < -0.3 is 0 Å². The Kier molecular flexibility index (Phi) is 4.82. The monoisotopic (exact) mass is 315 g/mol. The first-order valence-electron chi connectivity index (χ1n) is 4.83. The molecular weight excluding hydrogens is 303 g/mol. The van der Waals surface area contributed by atoms with Crippen LogP contribution in [-0.4, -0.2) is 23.7 Å². The Morgan fingerprint density at radius 3 is 2.38 bits per heavy atom. The highest BCUT2D eigenvalue weighted by atomic mass is 79.9. The summed E-state index contributed by atoms with van der Waals surface area (Å²) in [6.45, 7) is 3.02. The van der Waals surface area contributed by atoms with E-state index in [9.17, 15) is 13.2 Å². The minimum Gasteiger partial charge on any atom is -0.287 e. The van der Waals surface area contributed by atoms with E-state index in [0.29, 0.717) is 6.54 Å². The normalized spacial score (nSPS) is 12.8. The number of hydrogen-bond acceptors (Lipinski definition) is 2. The van der Waals surface area contributed by atoms with E-state index in [4.69, 9.17) is 0 Å². The van der Waals surface area contributed by atoms with Crippen molar-refractivity contribution in [2.24, 2.45) is 0 Å². The first-order chi connectivity index (χ1) is 7.28. The molecule has 1 aromatic heterocycles. The van der Waals surface area contributed by atoms with Crippen molar-refractivity contribution in [2.45, 2.75) is 32.6 Å². The van der Waals surface area contributed by atoms with Gasteiger partial charge in [-0.15, -0.1) is 11.3 Å². The van der Waals surface area contributed by atoms with E-state index in [1.54, 1.807) is 13.8 Å². The Labute approximate surface area is 105 Å². The van der Waals surface area contributed by atoms with Crippen LogP contribution in [0, 0.1) is 0 Å². The molecule has 0 aromatic carbocycles. The lowest BCUT2D eigenvalue weighted by molar-refractivity contribution is -0.150. The number of rotatable bonds is 4. The summed E-state index contributed by atoms with van der Waals surface area (Å²) < 4.78 is 37.9. The number of hydrogen-bond donors (Lipinski definition) is 0.